The molecule has 0 unspecified atom stereocenters. The van der Waals surface area contributed by atoms with Crippen molar-refractivity contribution in [3.63, 3.8) is 0 Å². The van der Waals surface area contributed by atoms with Crippen LogP contribution in [0.1, 0.15) is 31.2 Å². The first-order chi connectivity index (χ1) is 10.0. The SMILES string of the molecule is CNc1cc(Nc2ccc(C#N)cc2Cl)nc(C(C)C)n1. The number of rotatable bonds is 4. The summed E-state index contributed by atoms with van der Waals surface area (Å²) in [5.74, 6) is 2.36. The summed E-state index contributed by atoms with van der Waals surface area (Å²) in [5, 5.41) is 15.5. The molecule has 1 aromatic carbocycles. The Balaban J connectivity index is 2.35. The number of aromatic nitrogens is 2. The van der Waals surface area contributed by atoms with Crippen molar-refractivity contribution >= 4 is 28.9 Å². The summed E-state index contributed by atoms with van der Waals surface area (Å²) in [6, 6.07) is 8.94. The molecule has 0 bridgehead atoms. The molecule has 2 N–H and O–H groups in total. The van der Waals surface area contributed by atoms with E-state index >= 15 is 0 Å². The number of nitrogens with zero attached hydrogens (tertiary/aromatic N) is 3. The Hall–Kier alpha value is -2.32. The van der Waals surface area contributed by atoms with Crippen molar-refractivity contribution in [3.05, 3.63) is 40.7 Å². The van der Waals surface area contributed by atoms with E-state index in [2.05, 4.69) is 26.7 Å². The minimum Gasteiger partial charge on any atom is -0.373 e. The molecule has 0 radical (unpaired) electrons. The number of nitrogens with one attached hydrogen (secondary N) is 2. The topological polar surface area (TPSA) is 73.6 Å². The molecule has 0 fully saturated rings. The molecule has 0 aliphatic rings. The van der Waals surface area contributed by atoms with Crippen molar-refractivity contribution < 1.29 is 0 Å². The lowest BCUT2D eigenvalue weighted by Crippen LogP contribution is -2.05. The zero-order valence-electron chi connectivity index (χ0n) is 12.1. The third kappa shape index (κ3) is 3.61. The molecular weight excluding hydrogens is 286 g/mol. The molecule has 0 aliphatic carbocycles. The molecule has 2 aromatic rings. The quantitative estimate of drug-likeness (QED) is 0.895. The van der Waals surface area contributed by atoms with Crippen LogP contribution in [0.15, 0.2) is 24.3 Å². The summed E-state index contributed by atoms with van der Waals surface area (Å²) in [6.45, 7) is 4.07. The van der Waals surface area contributed by atoms with E-state index in [-0.39, 0.29) is 5.92 Å². The third-order valence-electron chi connectivity index (χ3n) is 2.88. The summed E-state index contributed by atoms with van der Waals surface area (Å²) in [4.78, 5) is 8.88. The first-order valence-corrected chi connectivity index (χ1v) is 6.94. The second-order valence-corrected chi connectivity index (χ2v) is 5.24. The molecule has 0 amide bonds. The van der Waals surface area contributed by atoms with E-state index in [4.69, 9.17) is 16.9 Å². The van der Waals surface area contributed by atoms with Crippen LogP contribution in [-0.2, 0) is 0 Å². The molecule has 0 saturated heterocycles. The smallest absolute Gasteiger partial charge is 0.136 e. The summed E-state index contributed by atoms with van der Waals surface area (Å²) >= 11 is 6.16. The fourth-order valence-electron chi connectivity index (χ4n) is 1.74. The standard InChI is InChI=1S/C15H16ClN5/c1-9(2)15-20-13(18-3)7-14(21-15)19-12-5-4-10(8-17)6-11(12)16/h4-7,9H,1-3H3,(H2,18,19,20,21). The lowest BCUT2D eigenvalue weighted by atomic mass is 10.2. The number of hydrogen-bond donors (Lipinski definition) is 2. The second kappa shape index (κ2) is 6.42. The highest BCUT2D eigenvalue weighted by Gasteiger charge is 2.09. The average molecular weight is 302 g/mol. The lowest BCUT2D eigenvalue weighted by Gasteiger charge is -2.12. The van der Waals surface area contributed by atoms with Crippen molar-refractivity contribution in [3.8, 4) is 6.07 Å². The van der Waals surface area contributed by atoms with Gasteiger partial charge in [0.1, 0.15) is 17.5 Å². The van der Waals surface area contributed by atoms with Gasteiger partial charge in [0, 0.05) is 19.0 Å². The molecule has 108 valence electrons. The van der Waals surface area contributed by atoms with Gasteiger partial charge in [-0.1, -0.05) is 25.4 Å². The predicted molar refractivity (Wildman–Crippen MR) is 85.1 cm³/mol. The van der Waals surface area contributed by atoms with Crippen LogP contribution >= 0.6 is 11.6 Å². The van der Waals surface area contributed by atoms with Gasteiger partial charge in [0.25, 0.3) is 0 Å². The Morgan fingerprint density at radius 2 is 1.90 bits per heavy atom. The number of nitriles is 1. The fraction of sp³-hybridized carbons (Fsp3) is 0.267. The maximum absolute atomic E-state index is 8.85. The molecule has 1 aromatic heterocycles. The number of anilines is 3. The minimum atomic E-state index is 0.218. The number of benzene rings is 1. The Labute approximate surface area is 129 Å². The van der Waals surface area contributed by atoms with Crippen LogP contribution in [0.3, 0.4) is 0 Å². The lowest BCUT2D eigenvalue weighted by molar-refractivity contribution is 0.778. The van der Waals surface area contributed by atoms with Gasteiger partial charge in [-0.05, 0) is 18.2 Å². The number of halogens is 1. The van der Waals surface area contributed by atoms with Crippen LogP contribution in [0.25, 0.3) is 0 Å². The van der Waals surface area contributed by atoms with Crippen LogP contribution < -0.4 is 10.6 Å². The monoisotopic (exact) mass is 301 g/mol. The Morgan fingerprint density at radius 1 is 1.19 bits per heavy atom. The van der Waals surface area contributed by atoms with Gasteiger partial charge in [-0.15, -0.1) is 0 Å². The fourth-order valence-corrected chi connectivity index (χ4v) is 1.97. The van der Waals surface area contributed by atoms with Crippen molar-refractivity contribution in [1.29, 1.82) is 5.26 Å². The van der Waals surface area contributed by atoms with Crippen molar-refractivity contribution in [2.45, 2.75) is 19.8 Å². The first-order valence-electron chi connectivity index (χ1n) is 6.57. The largest absolute Gasteiger partial charge is 0.373 e. The maximum atomic E-state index is 8.85. The summed E-state index contributed by atoms with van der Waals surface area (Å²) in [7, 11) is 1.81. The van der Waals surface area contributed by atoms with E-state index in [1.54, 1.807) is 24.3 Å². The van der Waals surface area contributed by atoms with Gasteiger partial charge < -0.3 is 10.6 Å². The van der Waals surface area contributed by atoms with Gasteiger partial charge in [-0.3, -0.25) is 0 Å². The highest BCUT2D eigenvalue weighted by atomic mass is 35.5. The zero-order chi connectivity index (χ0) is 15.4. The second-order valence-electron chi connectivity index (χ2n) is 4.83. The normalized spacial score (nSPS) is 10.3. The molecule has 6 heteroatoms. The molecule has 5 nitrogen and oxygen atoms in total. The van der Waals surface area contributed by atoms with Crippen LogP contribution in [-0.4, -0.2) is 17.0 Å². The molecule has 1 heterocycles. The zero-order valence-corrected chi connectivity index (χ0v) is 12.9. The van der Waals surface area contributed by atoms with E-state index in [1.807, 2.05) is 20.9 Å². The minimum absolute atomic E-state index is 0.218. The van der Waals surface area contributed by atoms with Gasteiger partial charge in [0.2, 0.25) is 0 Å². The highest BCUT2D eigenvalue weighted by molar-refractivity contribution is 6.33. The van der Waals surface area contributed by atoms with Gasteiger partial charge >= 0.3 is 0 Å². The average Bonchev–Trinajstić information content (AvgIpc) is 2.48. The Kier molecular flexibility index (Phi) is 4.61. The molecule has 0 aliphatic heterocycles. The molecule has 0 saturated carbocycles. The van der Waals surface area contributed by atoms with E-state index in [1.165, 1.54) is 0 Å². The van der Waals surface area contributed by atoms with Gasteiger partial charge in [-0.25, -0.2) is 9.97 Å². The van der Waals surface area contributed by atoms with Gasteiger partial charge in [0.05, 0.1) is 22.3 Å². The van der Waals surface area contributed by atoms with E-state index in [0.717, 1.165) is 11.6 Å². The third-order valence-corrected chi connectivity index (χ3v) is 3.19. The van der Waals surface area contributed by atoms with Crippen molar-refractivity contribution in [2.75, 3.05) is 17.7 Å². The summed E-state index contributed by atoms with van der Waals surface area (Å²) in [5.41, 5.74) is 1.22. The van der Waals surface area contributed by atoms with E-state index in [0.29, 0.717) is 22.1 Å². The van der Waals surface area contributed by atoms with E-state index < -0.39 is 0 Å². The van der Waals surface area contributed by atoms with Gasteiger partial charge in [-0.2, -0.15) is 5.26 Å². The van der Waals surface area contributed by atoms with Crippen molar-refractivity contribution in [1.82, 2.24) is 9.97 Å². The van der Waals surface area contributed by atoms with Crippen molar-refractivity contribution in [2.24, 2.45) is 0 Å². The van der Waals surface area contributed by atoms with Crippen LogP contribution in [0.4, 0.5) is 17.3 Å². The Bertz CT molecular complexity index is 691. The summed E-state index contributed by atoms with van der Waals surface area (Å²) in [6.07, 6.45) is 0. The van der Waals surface area contributed by atoms with Crippen LogP contribution in [0.2, 0.25) is 5.02 Å². The molecule has 21 heavy (non-hydrogen) atoms. The molecule has 2 rings (SSSR count). The molecular formula is C15H16ClN5. The highest BCUT2D eigenvalue weighted by Crippen LogP contribution is 2.27. The van der Waals surface area contributed by atoms with E-state index in [9.17, 15) is 0 Å². The van der Waals surface area contributed by atoms with Crippen LogP contribution in [0.5, 0.6) is 0 Å². The van der Waals surface area contributed by atoms with Gasteiger partial charge in [0.15, 0.2) is 0 Å². The summed E-state index contributed by atoms with van der Waals surface area (Å²) < 4.78 is 0. The molecule has 0 atom stereocenters. The molecule has 0 spiro atoms. The maximum Gasteiger partial charge on any atom is 0.136 e. The Morgan fingerprint density at radius 3 is 2.48 bits per heavy atom. The number of hydrogen-bond acceptors (Lipinski definition) is 5. The first kappa shape index (κ1) is 15.1. The predicted octanol–water partition coefficient (Wildman–Crippen LogP) is 3.91. The van der Waals surface area contributed by atoms with Crippen LogP contribution in [0, 0.1) is 11.3 Å².